The molecule has 1 aliphatic rings. The van der Waals surface area contributed by atoms with Crippen molar-refractivity contribution in [2.24, 2.45) is 0 Å². The summed E-state index contributed by atoms with van der Waals surface area (Å²) in [6.45, 7) is 4.91. The lowest BCUT2D eigenvalue weighted by molar-refractivity contribution is 0.0627. The minimum absolute atomic E-state index is 0.114. The number of nitrogens with zero attached hydrogens (tertiary/aromatic N) is 3. The number of likely N-dealkylation sites (tertiary alicyclic amines) is 1. The van der Waals surface area contributed by atoms with Crippen molar-refractivity contribution in [1.82, 2.24) is 14.3 Å². The number of aromatic nitrogens is 2. The summed E-state index contributed by atoms with van der Waals surface area (Å²) in [5.41, 5.74) is 2.37. The van der Waals surface area contributed by atoms with Crippen molar-refractivity contribution in [3.63, 3.8) is 0 Å². The molecule has 2 aromatic rings. The molecule has 0 radical (unpaired) electrons. The van der Waals surface area contributed by atoms with E-state index < -0.39 is 0 Å². The summed E-state index contributed by atoms with van der Waals surface area (Å²) < 4.78 is 1.90. The highest BCUT2D eigenvalue weighted by Gasteiger charge is 2.27. The van der Waals surface area contributed by atoms with Gasteiger partial charge in [0.15, 0.2) is 0 Å². The number of carbonyl (C=O) groups is 1. The number of rotatable bonds is 1. The molecule has 1 amide bonds. The van der Waals surface area contributed by atoms with Crippen molar-refractivity contribution in [3.8, 4) is 0 Å². The van der Waals surface area contributed by atoms with Crippen LogP contribution < -0.4 is 0 Å². The number of carbonyl (C=O) groups excluding carboxylic acids is 1. The fourth-order valence-corrected chi connectivity index (χ4v) is 2.91. The predicted octanol–water partition coefficient (Wildman–Crippen LogP) is 2.66. The molecule has 0 aromatic carbocycles. The second-order valence-corrected chi connectivity index (χ2v) is 5.32. The van der Waals surface area contributed by atoms with Gasteiger partial charge in [-0.1, -0.05) is 6.07 Å². The molecule has 4 heteroatoms. The lowest BCUT2D eigenvalue weighted by atomic mass is 10.0. The Morgan fingerprint density at radius 2 is 2.21 bits per heavy atom. The second kappa shape index (κ2) is 4.68. The van der Waals surface area contributed by atoms with Gasteiger partial charge in [-0.05, 0) is 45.2 Å². The normalized spacial score (nSPS) is 19.9. The molecule has 0 bridgehead atoms. The zero-order chi connectivity index (χ0) is 13.4. The summed E-state index contributed by atoms with van der Waals surface area (Å²) in [7, 11) is 0. The summed E-state index contributed by atoms with van der Waals surface area (Å²) in [5, 5.41) is 0. The summed E-state index contributed by atoms with van der Waals surface area (Å²) >= 11 is 0. The molecule has 3 rings (SSSR count). The topological polar surface area (TPSA) is 37.6 Å². The van der Waals surface area contributed by atoms with Gasteiger partial charge in [0, 0.05) is 18.8 Å². The van der Waals surface area contributed by atoms with E-state index in [2.05, 4.69) is 11.9 Å². The first-order chi connectivity index (χ1) is 9.18. The van der Waals surface area contributed by atoms with Crippen LogP contribution >= 0.6 is 0 Å². The maximum absolute atomic E-state index is 12.8. The van der Waals surface area contributed by atoms with Crippen molar-refractivity contribution < 1.29 is 4.79 Å². The van der Waals surface area contributed by atoms with Crippen molar-refractivity contribution in [2.75, 3.05) is 6.54 Å². The van der Waals surface area contributed by atoms with Crippen molar-refractivity contribution >= 4 is 11.6 Å². The van der Waals surface area contributed by atoms with Crippen LogP contribution in [-0.2, 0) is 0 Å². The van der Waals surface area contributed by atoms with Gasteiger partial charge in [0.2, 0.25) is 0 Å². The zero-order valence-electron chi connectivity index (χ0n) is 11.5. The molecule has 1 atom stereocenters. The van der Waals surface area contributed by atoms with E-state index in [1.165, 1.54) is 6.42 Å². The van der Waals surface area contributed by atoms with E-state index in [1.807, 2.05) is 40.6 Å². The Bertz CT molecular complexity index is 617. The van der Waals surface area contributed by atoms with Crippen molar-refractivity contribution in [1.29, 1.82) is 0 Å². The maximum atomic E-state index is 12.8. The number of aryl methyl sites for hydroxylation is 1. The zero-order valence-corrected chi connectivity index (χ0v) is 11.5. The third kappa shape index (κ3) is 2.01. The monoisotopic (exact) mass is 257 g/mol. The number of hydrogen-bond acceptors (Lipinski definition) is 2. The van der Waals surface area contributed by atoms with Crippen LogP contribution in [0, 0.1) is 6.92 Å². The summed E-state index contributed by atoms with van der Waals surface area (Å²) in [4.78, 5) is 19.2. The van der Waals surface area contributed by atoms with Crippen molar-refractivity contribution in [3.05, 3.63) is 35.8 Å². The Morgan fingerprint density at radius 3 is 3.00 bits per heavy atom. The minimum Gasteiger partial charge on any atom is -0.335 e. The van der Waals surface area contributed by atoms with Gasteiger partial charge in [0.05, 0.1) is 5.69 Å². The van der Waals surface area contributed by atoms with Crippen LogP contribution in [0.5, 0.6) is 0 Å². The average Bonchev–Trinajstić information content (AvgIpc) is 2.74. The van der Waals surface area contributed by atoms with Gasteiger partial charge >= 0.3 is 0 Å². The molecule has 1 fully saturated rings. The number of amides is 1. The van der Waals surface area contributed by atoms with Gasteiger partial charge < -0.3 is 4.90 Å². The molecule has 1 saturated heterocycles. The number of fused-ring (bicyclic) bond motifs is 1. The van der Waals surface area contributed by atoms with Gasteiger partial charge in [-0.25, -0.2) is 4.98 Å². The molecule has 0 saturated carbocycles. The van der Waals surface area contributed by atoms with Gasteiger partial charge in [0.1, 0.15) is 11.3 Å². The first-order valence-corrected chi connectivity index (χ1v) is 6.93. The van der Waals surface area contributed by atoms with Gasteiger partial charge in [-0.3, -0.25) is 9.20 Å². The number of hydrogen-bond donors (Lipinski definition) is 0. The minimum atomic E-state index is 0.114. The third-order valence-electron chi connectivity index (χ3n) is 3.97. The van der Waals surface area contributed by atoms with Gasteiger partial charge in [-0.15, -0.1) is 0 Å². The molecule has 0 aliphatic carbocycles. The Kier molecular flexibility index (Phi) is 3.01. The molecule has 3 heterocycles. The van der Waals surface area contributed by atoms with E-state index in [9.17, 15) is 4.79 Å². The Balaban J connectivity index is 2.03. The van der Waals surface area contributed by atoms with Crippen LogP contribution in [0.3, 0.4) is 0 Å². The number of piperidine rings is 1. The fraction of sp³-hybridized carbons (Fsp3) is 0.467. The predicted molar refractivity (Wildman–Crippen MR) is 74.3 cm³/mol. The first kappa shape index (κ1) is 12.2. The summed E-state index contributed by atoms with van der Waals surface area (Å²) in [6.07, 6.45) is 5.33. The molecular formula is C15H19N3O. The summed E-state index contributed by atoms with van der Waals surface area (Å²) in [6, 6.07) is 6.14. The van der Waals surface area contributed by atoms with E-state index in [4.69, 9.17) is 0 Å². The van der Waals surface area contributed by atoms with Crippen LogP contribution in [0.2, 0.25) is 0 Å². The van der Waals surface area contributed by atoms with E-state index in [-0.39, 0.29) is 5.91 Å². The van der Waals surface area contributed by atoms with Crippen LogP contribution in [0.1, 0.15) is 42.4 Å². The molecule has 1 aliphatic heterocycles. The van der Waals surface area contributed by atoms with Crippen LogP contribution in [-0.4, -0.2) is 32.8 Å². The standard InChI is InChI=1S/C15H19N3O/c1-11-7-3-5-9-17(11)15(19)14-12(2)16-13-8-4-6-10-18(13)14/h4,6,8,10-11H,3,5,7,9H2,1-2H3. The molecule has 19 heavy (non-hydrogen) atoms. The van der Waals surface area contributed by atoms with E-state index in [0.29, 0.717) is 11.7 Å². The molecule has 100 valence electrons. The Morgan fingerprint density at radius 1 is 1.37 bits per heavy atom. The van der Waals surface area contributed by atoms with E-state index in [1.54, 1.807) is 0 Å². The SMILES string of the molecule is Cc1nc2ccccn2c1C(=O)N1CCCCC1C. The van der Waals surface area contributed by atoms with Crippen LogP contribution in [0.25, 0.3) is 5.65 Å². The van der Waals surface area contributed by atoms with Crippen LogP contribution in [0.4, 0.5) is 0 Å². The molecule has 4 nitrogen and oxygen atoms in total. The molecular weight excluding hydrogens is 238 g/mol. The average molecular weight is 257 g/mol. The summed E-state index contributed by atoms with van der Waals surface area (Å²) in [5.74, 6) is 0.114. The number of imidazole rings is 1. The van der Waals surface area contributed by atoms with Crippen LogP contribution in [0.15, 0.2) is 24.4 Å². The lowest BCUT2D eigenvalue weighted by Crippen LogP contribution is -2.42. The molecule has 0 spiro atoms. The third-order valence-corrected chi connectivity index (χ3v) is 3.97. The lowest BCUT2D eigenvalue weighted by Gasteiger charge is -2.33. The largest absolute Gasteiger partial charge is 0.335 e. The highest BCUT2D eigenvalue weighted by molar-refractivity contribution is 5.95. The quantitative estimate of drug-likeness (QED) is 0.787. The first-order valence-electron chi connectivity index (χ1n) is 6.93. The number of pyridine rings is 1. The van der Waals surface area contributed by atoms with Crippen molar-refractivity contribution in [2.45, 2.75) is 39.2 Å². The fourth-order valence-electron chi connectivity index (χ4n) is 2.91. The van der Waals surface area contributed by atoms with Gasteiger partial charge in [0.25, 0.3) is 5.91 Å². The Hall–Kier alpha value is -1.84. The Labute approximate surface area is 113 Å². The molecule has 1 unspecified atom stereocenters. The van der Waals surface area contributed by atoms with E-state index >= 15 is 0 Å². The smallest absolute Gasteiger partial charge is 0.273 e. The molecule has 0 N–H and O–H groups in total. The highest BCUT2D eigenvalue weighted by atomic mass is 16.2. The van der Waals surface area contributed by atoms with E-state index in [0.717, 1.165) is 30.7 Å². The maximum Gasteiger partial charge on any atom is 0.273 e. The highest BCUT2D eigenvalue weighted by Crippen LogP contribution is 2.21. The second-order valence-electron chi connectivity index (χ2n) is 5.32. The molecule has 2 aromatic heterocycles. The van der Waals surface area contributed by atoms with Gasteiger partial charge in [-0.2, -0.15) is 0 Å².